The van der Waals surface area contributed by atoms with E-state index in [0.717, 1.165) is 28.9 Å². The van der Waals surface area contributed by atoms with E-state index in [0.29, 0.717) is 13.0 Å². The summed E-state index contributed by atoms with van der Waals surface area (Å²) in [5.74, 6) is 0.681. The average Bonchev–Trinajstić information content (AvgIpc) is 2.47. The lowest BCUT2D eigenvalue weighted by atomic mass is 10.1. The molecule has 0 bridgehead atoms. The van der Waals surface area contributed by atoms with Gasteiger partial charge in [-0.05, 0) is 61.2 Å². The normalized spacial score (nSPS) is 10.4. The van der Waals surface area contributed by atoms with Crippen LogP contribution in [-0.2, 0) is 17.8 Å². The molecular formula is C18H19FO2. The molecule has 0 aliphatic carbocycles. The highest BCUT2D eigenvalue weighted by atomic mass is 19.1. The number of hydrogen-bond donors (Lipinski definition) is 0. The van der Waals surface area contributed by atoms with E-state index < -0.39 is 0 Å². The molecule has 110 valence electrons. The summed E-state index contributed by atoms with van der Waals surface area (Å²) in [5.41, 5.74) is 2.96. The number of rotatable bonds is 6. The van der Waals surface area contributed by atoms with E-state index in [2.05, 4.69) is 0 Å². The first kappa shape index (κ1) is 15.2. The number of benzene rings is 2. The Morgan fingerprint density at radius 3 is 2.52 bits per heavy atom. The molecule has 0 aliphatic rings. The molecule has 2 aromatic rings. The highest BCUT2D eigenvalue weighted by molar-refractivity contribution is 5.75. The third-order valence-corrected chi connectivity index (χ3v) is 3.39. The minimum atomic E-state index is -0.251. The highest BCUT2D eigenvalue weighted by Gasteiger charge is 2.03. The van der Waals surface area contributed by atoms with Gasteiger partial charge in [-0.1, -0.05) is 18.2 Å². The second-order valence-corrected chi connectivity index (χ2v) is 5.21. The van der Waals surface area contributed by atoms with Crippen molar-refractivity contribution in [1.82, 2.24) is 0 Å². The van der Waals surface area contributed by atoms with Crippen molar-refractivity contribution in [3.63, 3.8) is 0 Å². The Hall–Kier alpha value is -2.16. The van der Waals surface area contributed by atoms with Gasteiger partial charge in [0.05, 0.1) is 0 Å². The summed E-state index contributed by atoms with van der Waals surface area (Å²) >= 11 is 0. The molecule has 21 heavy (non-hydrogen) atoms. The monoisotopic (exact) mass is 286 g/mol. The van der Waals surface area contributed by atoms with Crippen LogP contribution in [0.3, 0.4) is 0 Å². The summed E-state index contributed by atoms with van der Waals surface area (Å²) < 4.78 is 18.9. The van der Waals surface area contributed by atoms with Gasteiger partial charge in [-0.2, -0.15) is 0 Å². The second kappa shape index (κ2) is 7.02. The third-order valence-electron chi connectivity index (χ3n) is 3.39. The van der Waals surface area contributed by atoms with Crippen LogP contribution in [0.2, 0.25) is 0 Å². The average molecular weight is 286 g/mol. The molecule has 0 saturated heterocycles. The summed E-state index contributed by atoms with van der Waals surface area (Å²) in [6.07, 6.45) is 1.31. The first-order valence-electron chi connectivity index (χ1n) is 7.01. The predicted molar refractivity (Wildman–Crippen MR) is 80.9 cm³/mol. The van der Waals surface area contributed by atoms with Crippen molar-refractivity contribution in [3.05, 3.63) is 65.0 Å². The van der Waals surface area contributed by atoms with Gasteiger partial charge in [0.2, 0.25) is 0 Å². The van der Waals surface area contributed by atoms with E-state index in [-0.39, 0.29) is 11.6 Å². The van der Waals surface area contributed by atoms with Crippen LogP contribution in [-0.4, -0.2) is 5.78 Å². The van der Waals surface area contributed by atoms with Gasteiger partial charge in [-0.3, -0.25) is 0 Å². The van der Waals surface area contributed by atoms with E-state index in [1.165, 1.54) is 12.1 Å². The van der Waals surface area contributed by atoms with Crippen molar-refractivity contribution in [3.8, 4) is 5.75 Å². The lowest BCUT2D eigenvalue weighted by Crippen LogP contribution is -1.99. The molecular weight excluding hydrogens is 267 g/mol. The zero-order valence-corrected chi connectivity index (χ0v) is 12.4. The Bertz CT molecular complexity index is 618. The minimum Gasteiger partial charge on any atom is -0.489 e. The molecule has 0 amide bonds. The first-order valence-corrected chi connectivity index (χ1v) is 7.01. The molecule has 0 radical (unpaired) electrons. The Kier molecular flexibility index (Phi) is 5.09. The van der Waals surface area contributed by atoms with Gasteiger partial charge in [0.25, 0.3) is 0 Å². The second-order valence-electron chi connectivity index (χ2n) is 5.21. The molecule has 0 atom stereocenters. The number of Topliss-reactive ketones (excluding diaryl/α,β-unsaturated/α-hetero) is 1. The van der Waals surface area contributed by atoms with Crippen molar-refractivity contribution in [2.45, 2.75) is 33.3 Å². The lowest BCUT2D eigenvalue weighted by molar-refractivity contribution is -0.116. The van der Waals surface area contributed by atoms with Gasteiger partial charge in [0.1, 0.15) is 24.0 Å². The quantitative estimate of drug-likeness (QED) is 0.794. The Morgan fingerprint density at radius 1 is 1.14 bits per heavy atom. The van der Waals surface area contributed by atoms with Crippen molar-refractivity contribution >= 4 is 5.78 Å². The van der Waals surface area contributed by atoms with Crippen LogP contribution in [0.5, 0.6) is 5.75 Å². The Labute approximate surface area is 124 Å². The summed E-state index contributed by atoms with van der Waals surface area (Å²) in [6.45, 7) is 3.87. The van der Waals surface area contributed by atoms with Crippen molar-refractivity contribution in [2.75, 3.05) is 0 Å². The molecule has 3 heteroatoms. The third kappa shape index (κ3) is 4.71. The van der Waals surface area contributed by atoms with Gasteiger partial charge in [-0.25, -0.2) is 4.39 Å². The van der Waals surface area contributed by atoms with Crippen LogP contribution in [0.25, 0.3) is 0 Å². The number of aryl methyl sites for hydroxylation is 2. The van der Waals surface area contributed by atoms with Gasteiger partial charge >= 0.3 is 0 Å². The molecule has 0 N–H and O–H groups in total. The maximum Gasteiger partial charge on any atom is 0.130 e. The van der Waals surface area contributed by atoms with Crippen LogP contribution in [0.1, 0.15) is 30.0 Å². The maximum absolute atomic E-state index is 13.2. The number of halogens is 1. The van der Waals surface area contributed by atoms with E-state index in [4.69, 9.17) is 4.74 Å². The zero-order valence-electron chi connectivity index (χ0n) is 12.4. The smallest absolute Gasteiger partial charge is 0.130 e. The SMILES string of the molecule is CC(=O)CCc1ccc(OCc2cc(F)ccc2C)cc1. The van der Waals surface area contributed by atoms with Crippen molar-refractivity contribution < 1.29 is 13.9 Å². The number of ether oxygens (including phenoxy) is 1. The summed E-state index contributed by atoms with van der Waals surface area (Å²) in [7, 11) is 0. The van der Waals surface area contributed by atoms with Gasteiger partial charge in [-0.15, -0.1) is 0 Å². The minimum absolute atomic E-state index is 0.192. The van der Waals surface area contributed by atoms with Crippen LogP contribution < -0.4 is 4.74 Å². The fourth-order valence-corrected chi connectivity index (χ4v) is 2.03. The first-order chi connectivity index (χ1) is 10.0. The van der Waals surface area contributed by atoms with Crippen LogP contribution >= 0.6 is 0 Å². The Balaban J connectivity index is 1.94. The number of hydrogen-bond acceptors (Lipinski definition) is 2. The number of carbonyl (C=O) groups excluding carboxylic acids is 1. The lowest BCUT2D eigenvalue weighted by Gasteiger charge is -2.09. The molecule has 0 unspecified atom stereocenters. The molecule has 0 heterocycles. The summed E-state index contributed by atoms with van der Waals surface area (Å²) in [4.78, 5) is 10.9. The predicted octanol–water partition coefficient (Wildman–Crippen LogP) is 4.23. The zero-order chi connectivity index (χ0) is 15.2. The molecule has 2 rings (SSSR count). The molecule has 2 aromatic carbocycles. The topological polar surface area (TPSA) is 26.3 Å². The van der Waals surface area contributed by atoms with Gasteiger partial charge in [0, 0.05) is 6.42 Å². The van der Waals surface area contributed by atoms with Crippen LogP contribution in [0.4, 0.5) is 4.39 Å². The van der Waals surface area contributed by atoms with E-state index in [1.54, 1.807) is 13.0 Å². The van der Waals surface area contributed by atoms with Crippen molar-refractivity contribution in [2.24, 2.45) is 0 Å². The van der Waals surface area contributed by atoms with Crippen molar-refractivity contribution in [1.29, 1.82) is 0 Å². The molecule has 0 saturated carbocycles. The van der Waals surface area contributed by atoms with E-state index in [1.807, 2.05) is 31.2 Å². The molecule has 0 fully saturated rings. The standard InChI is InChI=1S/C18H19FO2/c1-13-3-8-17(19)11-16(13)12-21-18-9-6-15(7-10-18)5-4-14(2)20/h3,6-11H,4-5,12H2,1-2H3. The number of carbonyl (C=O) groups is 1. The molecule has 2 nitrogen and oxygen atoms in total. The van der Waals surface area contributed by atoms with E-state index in [9.17, 15) is 9.18 Å². The summed E-state index contributed by atoms with van der Waals surface area (Å²) in [6, 6.07) is 12.4. The van der Waals surface area contributed by atoms with E-state index >= 15 is 0 Å². The van der Waals surface area contributed by atoms with Gasteiger partial charge < -0.3 is 9.53 Å². The number of ketones is 1. The van der Waals surface area contributed by atoms with Crippen LogP contribution in [0.15, 0.2) is 42.5 Å². The molecule has 0 spiro atoms. The largest absolute Gasteiger partial charge is 0.489 e. The fourth-order valence-electron chi connectivity index (χ4n) is 2.03. The highest BCUT2D eigenvalue weighted by Crippen LogP contribution is 2.17. The summed E-state index contributed by atoms with van der Waals surface area (Å²) in [5, 5.41) is 0. The van der Waals surface area contributed by atoms with Gasteiger partial charge in [0.15, 0.2) is 0 Å². The fraction of sp³-hybridized carbons (Fsp3) is 0.278. The molecule has 0 aromatic heterocycles. The Morgan fingerprint density at radius 2 is 1.86 bits per heavy atom. The maximum atomic E-state index is 13.2. The molecule has 0 aliphatic heterocycles. The van der Waals surface area contributed by atoms with Crippen LogP contribution in [0, 0.1) is 12.7 Å².